The van der Waals surface area contributed by atoms with Gasteiger partial charge in [-0.05, 0) is 37.3 Å². The Morgan fingerprint density at radius 1 is 0.722 bits per heavy atom. The van der Waals surface area contributed by atoms with Crippen molar-refractivity contribution in [3.63, 3.8) is 0 Å². The van der Waals surface area contributed by atoms with Gasteiger partial charge in [0.15, 0.2) is 5.78 Å². The van der Waals surface area contributed by atoms with Gasteiger partial charge in [0, 0.05) is 13.1 Å². The Bertz CT molecular complexity index is 1530. The van der Waals surface area contributed by atoms with Crippen LogP contribution in [0.3, 0.4) is 0 Å². The van der Waals surface area contributed by atoms with Crippen molar-refractivity contribution in [3.05, 3.63) is 71.8 Å². The molecule has 2 aliphatic rings. The topological polar surface area (TPSA) is 177 Å². The molecule has 2 saturated heterocycles. The van der Waals surface area contributed by atoms with E-state index in [2.05, 4.69) is 30.7 Å². The van der Waals surface area contributed by atoms with Gasteiger partial charge in [0.2, 0.25) is 23.6 Å². The van der Waals surface area contributed by atoms with Crippen molar-refractivity contribution in [1.82, 2.24) is 26.2 Å². The quantitative estimate of drug-likeness (QED) is 0.0998. The molecule has 296 valence electrons. The molecule has 2 aromatic carbocycles. The molecule has 2 heterocycles. The highest BCUT2D eigenvalue weighted by atomic mass is 19.3. The van der Waals surface area contributed by atoms with Crippen molar-refractivity contribution in [2.24, 2.45) is 0 Å². The van der Waals surface area contributed by atoms with Crippen LogP contribution in [0.15, 0.2) is 60.7 Å². The summed E-state index contributed by atoms with van der Waals surface area (Å²) in [5.41, 5.74) is 0.282. The van der Waals surface area contributed by atoms with E-state index in [0.717, 1.165) is 5.56 Å². The summed E-state index contributed by atoms with van der Waals surface area (Å²) in [5, 5.41) is 9.57. The molecular formula is C36H45F4N5O9. The van der Waals surface area contributed by atoms with Crippen molar-refractivity contribution in [2.45, 2.75) is 69.2 Å². The number of nitrogens with one attached hydrogen (secondary N) is 4. The van der Waals surface area contributed by atoms with Crippen molar-refractivity contribution in [2.75, 3.05) is 52.7 Å². The number of amides is 4. The van der Waals surface area contributed by atoms with Crippen LogP contribution in [-0.2, 0) is 55.8 Å². The highest BCUT2D eigenvalue weighted by Gasteiger charge is 2.50. The molecule has 0 radical (unpaired) electrons. The van der Waals surface area contributed by atoms with Gasteiger partial charge < -0.3 is 40.2 Å². The minimum absolute atomic E-state index is 0.0106. The van der Waals surface area contributed by atoms with E-state index < -0.39 is 85.6 Å². The molecule has 18 heteroatoms. The van der Waals surface area contributed by atoms with E-state index in [1.54, 1.807) is 60.7 Å². The minimum Gasteiger partial charge on any atom is -0.379 e. The lowest BCUT2D eigenvalue weighted by molar-refractivity contribution is -0.154. The molecule has 2 aromatic rings. The van der Waals surface area contributed by atoms with Crippen LogP contribution >= 0.6 is 0 Å². The fourth-order valence-corrected chi connectivity index (χ4v) is 5.63. The lowest BCUT2D eigenvalue weighted by Gasteiger charge is -2.28. The van der Waals surface area contributed by atoms with Gasteiger partial charge >= 0.3 is 13.2 Å². The maximum Gasteiger partial charge on any atom is 0.345 e. The average molecular weight is 768 g/mol. The molecule has 4 amide bonds. The van der Waals surface area contributed by atoms with E-state index in [4.69, 9.17) is 9.47 Å². The summed E-state index contributed by atoms with van der Waals surface area (Å²) in [5.74, 6) is -4.34. The van der Waals surface area contributed by atoms with Crippen molar-refractivity contribution < 1.29 is 60.5 Å². The van der Waals surface area contributed by atoms with Gasteiger partial charge in [0.25, 0.3) is 0 Å². The van der Waals surface area contributed by atoms with Crippen LogP contribution in [0.5, 0.6) is 0 Å². The first kappa shape index (κ1) is 42.3. The summed E-state index contributed by atoms with van der Waals surface area (Å²) >= 11 is 0. The molecular weight excluding hydrogens is 722 g/mol. The van der Waals surface area contributed by atoms with E-state index in [9.17, 15) is 41.5 Å². The molecule has 0 bridgehead atoms. The molecule has 4 N–H and O–H groups in total. The van der Waals surface area contributed by atoms with E-state index in [0.29, 0.717) is 38.3 Å². The third-order valence-corrected chi connectivity index (χ3v) is 8.75. The van der Waals surface area contributed by atoms with Crippen LogP contribution in [0.4, 0.5) is 17.6 Å². The molecule has 54 heavy (non-hydrogen) atoms. The number of halogens is 4. The first-order valence-electron chi connectivity index (χ1n) is 17.4. The molecule has 2 aliphatic heterocycles. The lowest BCUT2D eigenvalue weighted by atomic mass is 9.94. The number of rotatable bonds is 22. The van der Waals surface area contributed by atoms with Crippen LogP contribution in [0, 0.1) is 0 Å². The van der Waals surface area contributed by atoms with Crippen LogP contribution < -0.4 is 21.3 Å². The lowest BCUT2D eigenvalue weighted by Crippen LogP contribution is -2.60. The monoisotopic (exact) mass is 767 g/mol. The third-order valence-electron chi connectivity index (χ3n) is 8.75. The number of hydrogen-bond acceptors (Lipinski definition) is 10. The zero-order valence-electron chi connectivity index (χ0n) is 29.6. The summed E-state index contributed by atoms with van der Waals surface area (Å²) in [7, 11) is 0. The molecule has 5 atom stereocenters. The van der Waals surface area contributed by atoms with Gasteiger partial charge in [-0.1, -0.05) is 60.7 Å². The van der Waals surface area contributed by atoms with E-state index in [1.807, 2.05) is 4.90 Å². The smallest absolute Gasteiger partial charge is 0.345 e. The van der Waals surface area contributed by atoms with E-state index in [1.165, 1.54) is 6.92 Å². The normalized spacial score (nSPS) is 19.3. The van der Waals surface area contributed by atoms with Crippen molar-refractivity contribution in [3.8, 4) is 0 Å². The van der Waals surface area contributed by atoms with Crippen LogP contribution in [-0.4, -0.2) is 130 Å². The summed E-state index contributed by atoms with van der Waals surface area (Å²) in [6.07, 6.45) is 0.339. The second-order valence-electron chi connectivity index (χ2n) is 13.0. The SMILES string of the molecule is C[C@]1(C(=O)[C@H](Cc2ccccc2)NC(=O)[C@H](COC(F)F)NC(=O)[C@H](COC(F)F)NC(=O)C(CCc2ccccc2)NC(=O)CN2CCOCC2)CO1. The maximum atomic E-state index is 13.6. The number of epoxide rings is 1. The van der Waals surface area contributed by atoms with Crippen molar-refractivity contribution >= 4 is 29.4 Å². The van der Waals surface area contributed by atoms with Crippen molar-refractivity contribution in [1.29, 1.82) is 0 Å². The molecule has 0 spiro atoms. The largest absolute Gasteiger partial charge is 0.379 e. The molecule has 4 rings (SSSR count). The zero-order valence-corrected chi connectivity index (χ0v) is 29.6. The summed E-state index contributed by atoms with van der Waals surface area (Å²) in [4.78, 5) is 68.9. The summed E-state index contributed by atoms with van der Waals surface area (Å²) < 4.78 is 72.0. The Balaban J connectivity index is 1.50. The molecule has 1 unspecified atom stereocenters. The molecule has 0 aromatic heterocycles. The number of hydrogen-bond donors (Lipinski definition) is 4. The predicted molar refractivity (Wildman–Crippen MR) is 183 cm³/mol. The number of nitrogens with zero attached hydrogens (tertiary/aromatic N) is 1. The van der Waals surface area contributed by atoms with Gasteiger partial charge in [-0.3, -0.25) is 28.9 Å². The molecule has 0 saturated carbocycles. The number of Topliss-reactive ketones (excluding diaryl/α,β-unsaturated/α-hetero) is 1. The highest BCUT2D eigenvalue weighted by Crippen LogP contribution is 2.29. The van der Waals surface area contributed by atoms with Crippen LogP contribution in [0.25, 0.3) is 0 Å². The number of ether oxygens (including phenoxy) is 4. The van der Waals surface area contributed by atoms with Crippen LogP contribution in [0.2, 0.25) is 0 Å². The number of carbonyl (C=O) groups excluding carboxylic acids is 5. The van der Waals surface area contributed by atoms with Gasteiger partial charge in [0.05, 0.1) is 45.6 Å². The summed E-state index contributed by atoms with van der Waals surface area (Å²) in [6, 6.07) is 11.3. The number of morpholine rings is 1. The highest BCUT2D eigenvalue weighted by molar-refractivity contribution is 5.99. The Kier molecular flexibility index (Phi) is 16.3. The van der Waals surface area contributed by atoms with E-state index >= 15 is 0 Å². The van der Waals surface area contributed by atoms with E-state index in [-0.39, 0.29) is 26.0 Å². The van der Waals surface area contributed by atoms with Gasteiger partial charge in [-0.2, -0.15) is 17.6 Å². The average Bonchev–Trinajstić information content (AvgIpc) is 3.91. The first-order valence-corrected chi connectivity index (χ1v) is 17.4. The zero-order chi connectivity index (χ0) is 39.1. The summed E-state index contributed by atoms with van der Waals surface area (Å²) in [6.45, 7) is -5.58. The predicted octanol–water partition coefficient (Wildman–Crippen LogP) is 0.970. The van der Waals surface area contributed by atoms with Gasteiger partial charge in [0.1, 0.15) is 23.7 Å². The second kappa shape index (κ2) is 20.8. The first-order chi connectivity index (χ1) is 25.8. The fraction of sp³-hybridized carbons (Fsp3) is 0.528. The fourth-order valence-electron chi connectivity index (χ4n) is 5.63. The molecule has 2 fully saturated rings. The number of ketones is 1. The molecule has 14 nitrogen and oxygen atoms in total. The Morgan fingerprint density at radius 2 is 1.20 bits per heavy atom. The third kappa shape index (κ3) is 14.1. The Morgan fingerprint density at radius 3 is 1.70 bits per heavy atom. The minimum atomic E-state index is -3.38. The standard InChI is InChI=1S/C36H45F4N5O9/c1-36(22-54-36)30(47)26(18-24-10-6-3-7-11-24)42-32(49)27(20-52-34(37)38)44-33(50)28(21-53-35(39)40)43-31(48)25(13-12-23-8-4-2-5-9-23)41-29(46)19-45-14-16-51-17-15-45/h2-11,25-28,34-35H,12-22H2,1H3,(H,41,46)(H,42,49)(H,43,48)(H,44,50)/t25?,26-,27-,28-,36+/m0/s1. The Labute approximate surface area is 309 Å². The number of carbonyl (C=O) groups is 5. The number of benzene rings is 2. The molecule has 0 aliphatic carbocycles. The van der Waals surface area contributed by atoms with Gasteiger partial charge in [-0.15, -0.1) is 0 Å². The Hall–Kier alpha value is -4.49. The van der Waals surface area contributed by atoms with Crippen LogP contribution in [0.1, 0.15) is 24.5 Å². The number of aryl methyl sites for hydroxylation is 1. The maximum absolute atomic E-state index is 13.6. The second-order valence-corrected chi connectivity index (χ2v) is 13.0. The van der Waals surface area contributed by atoms with Gasteiger partial charge in [-0.25, -0.2) is 0 Å². The number of alkyl halides is 4.